The fourth-order valence-corrected chi connectivity index (χ4v) is 1.65. The number of anilines is 1. The van der Waals surface area contributed by atoms with E-state index >= 15 is 0 Å². The molecule has 0 fully saturated rings. The van der Waals surface area contributed by atoms with Gasteiger partial charge in [-0.15, -0.1) is 5.10 Å². The van der Waals surface area contributed by atoms with Gasteiger partial charge in [0.15, 0.2) is 10.7 Å². The Morgan fingerprint density at radius 2 is 2.16 bits per heavy atom. The van der Waals surface area contributed by atoms with Crippen molar-refractivity contribution in [2.75, 3.05) is 39.2 Å². The molecule has 2 N–H and O–H groups in total. The van der Waals surface area contributed by atoms with Crippen LogP contribution in [-0.4, -0.2) is 60.3 Å². The van der Waals surface area contributed by atoms with Crippen LogP contribution in [-0.2, 0) is 4.74 Å². The van der Waals surface area contributed by atoms with Crippen molar-refractivity contribution >= 4 is 28.5 Å². The van der Waals surface area contributed by atoms with E-state index in [2.05, 4.69) is 20.2 Å². The lowest BCUT2D eigenvalue weighted by molar-refractivity contribution is 0.0918. The number of hydrogen-bond donors (Lipinski definition) is 2. The van der Waals surface area contributed by atoms with Crippen LogP contribution in [0.15, 0.2) is 0 Å². The van der Waals surface area contributed by atoms with Crippen LogP contribution in [0.4, 0.5) is 9.80 Å². The van der Waals surface area contributed by atoms with E-state index in [9.17, 15) is 9.59 Å². The highest BCUT2D eigenvalue weighted by Gasteiger charge is 2.18. The Kier molecular flexibility index (Phi) is 6.16. The van der Waals surface area contributed by atoms with Crippen LogP contribution in [0.25, 0.3) is 0 Å². The van der Waals surface area contributed by atoms with Crippen LogP contribution in [0.2, 0.25) is 0 Å². The highest BCUT2D eigenvalue weighted by Crippen LogP contribution is 2.17. The lowest BCUT2D eigenvalue weighted by Gasteiger charge is -2.10. The van der Waals surface area contributed by atoms with Gasteiger partial charge in [-0.05, 0) is 6.92 Å². The first-order valence-electron chi connectivity index (χ1n) is 5.72. The molecule has 8 nitrogen and oxygen atoms in total. The second-order valence-electron chi connectivity index (χ2n) is 3.73. The zero-order valence-electron chi connectivity index (χ0n) is 11.1. The predicted octanol–water partition coefficient (Wildman–Crippen LogP) is 0.398. The summed E-state index contributed by atoms with van der Waals surface area (Å²) in [6, 6.07) is -0.339. The van der Waals surface area contributed by atoms with Gasteiger partial charge in [0, 0.05) is 38.8 Å². The lowest BCUT2D eigenvalue weighted by atomic mass is 10.4. The second kappa shape index (κ2) is 7.64. The number of rotatable bonds is 6. The van der Waals surface area contributed by atoms with E-state index in [1.165, 1.54) is 4.90 Å². The molecule has 0 radical (unpaired) electrons. The molecule has 19 heavy (non-hydrogen) atoms. The van der Waals surface area contributed by atoms with Crippen molar-refractivity contribution in [3.05, 3.63) is 5.69 Å². The van der Waals surface area contributed by atoms with Crippen LogP contribution in [0.5, 0.6) is 0 Å². The second-order valence-corrected chi connectivity index (χ2v) is 4.48. The van der Waals surface area contributed by atoms with Crippen LogP contribution in [0, 0.1) is 0 Å². The SMILES string of the molecule is CCOCCNC(=O)c1nnsc1NC(=O)N(C)C. The van der Waals surface area contributed by atoms with E-state index in [0.29, 0.717) is 24.8 Å². The van der Waals surface area contributed by atoms with Crippen LogP contribution >= 0.6 is 11.5 Å². The monoisotopic (exact) mass is 287 g/mol. The Morgan fingerprint density at radius 1 is 1.42 bits per heavy atom. The highest BCUT2D eigenvalue weighted by atomic mass is 32.1. The van der Waals surface area contributed by atoms with E-state index in [4.69, 9.17) is 4.74 Å². The maximum Gasteiger partial charge on any atom is 0.322 e. The molecule has 0 bridgehead atoms. The van der Waals surface area contributed by atoms with E-state index in [1.807, 2.05) is 6.92 Å². The first-order valence-corrected chi connectivity index (χ1v) is 6.50. The summed E-state index contributed by atoms with van der Waals surface area (Å²) in [7, 11) is 3.21. The molecule has 0 saturated heterocycles. The summed E-state index contributed by atoms with van der Waals surface area (Å²) < 4.78 is 8.77. The average molecular weight is 287 g/mol. The fraction of sp³-hybridized carbons (Fsp3) is 0.600. The topological polar surface area (TPSA) is 96.5 Å². The molecule has 0 aliphatic heterocycles. The molecular formula is C10H17N5O3S. The van der Waals surface area contributed by atoms with Crippen LogP contribution in [0.1, 0.15) is 17.4 Å². The first kappa shape index (κ1) is 15.3. The average Bonchev–Trinajstić information content (AvgIpc) is 2.82. The van der Waals surface area contributed by atoms with Crippen molar-refractivity contribution in [3.63, 3.8) is 0 Å². The Balaban J connectivity index is 2.56. The van der Waals surface area contributed by atoms with Gasteiger partial charge in [0.05, 0.1) is 6.61 Å². The van der Waals surface area contributed by atoms with Gasteiger partial charge in [-0.25, -0.2) is 4.79 Å². The quantitative estimate of drug-likeness (QED) is 0.738. The van der Waals surface area contributed by atoms with Gasteiger partial charge in [0.1, 0.15) is 0 Å². The molecule has 3 amide bonds. The van der Waals surface area contributed by atoms with Crippen LogP contribution in [0.3, 0.4) is 0 Å². The van der Waals surface area contributed by atoms with Crippen molar-refractivity contribution in [1.82, 2.24) is 19.8 Å². The fourth-order valence-electron chi connectivity index (χ4n) is 1.09. The first-order chi connectivity index (χ1) is 9.06. The number of urea groups is 1. The summed E-state index contributed by atoms with van der Waals surface area (Å²) in [4.78, 5) is 24.7. The van der Waals surface area contributed by atoms with E-state index in [-0.39, 0.29) is 17.6 Å². The summed E-state index contributed by atoms with van der Waals surface area (Å²) in [6.07, 6.45) is 0. The number of carbonyl (C=O) groups is 2. The Hall–Kier alpha value is -1.74. The highest BCUT2D eigenvalue weighted by molar-refractivity contribution is 7.10. The summed E-state index contributed by atoms with van der Waals surface area (Å²) in [5.74, 6) is -0.387. The largest absolute Gasteiger partial charge is 0.380 e. The van der Waals surface area contributed by atoms with Crippen molar-refractivity contribution < 1.29 is 14.3 Å². The van der Waals surface area contributed by atoms with Gasteiger partial charge in [-0.1, -0.05) is 4.49 Å². The molecule has 1 rings (SSSR count). The molecule has 0 saturated carbocycles. The van der Waals surface area contributed by atoms with Gasteiger partial charge in [-0.3, -0.25) is 10.1 Å². The number of nitrogens with one attached hydrogen (secondary N) is 2. The van der Waals surface area contributed by atoms with Crippen molar-refractivity contribution in [2.45, 2.75) is 6.92 Å². The molecule has 106 valence electrons. The lowest BCUT2D eigenvalue weighted by Crippen LogP contribution is -2.30. The number of nitrogens with zero attached hydrogens (tertiary/aromatic N) is 3. The number of ether oxygens (including phenoxy) is 1. The van der Waals surface area contributed by atoms with Crippen molar-refractivity contribution in [1.29, 1.82) is 0 Å². The Bertz CT molecular complexity index is 435. The molecule has 0 atom stereocenters. The van der Waals surface area contributed by atoms with Gasteiger partial charge < -0.3 is 15.0 Å². The molecule has 0 aliphatic rings. The Labute approximate surface area is 115 Å². The number of amides is 3. The van der Waals surface area contributed by atoms with Gasteiger partial charge >= 0.3 is 6.03 Å². The zero-order valence-corrected chi connectivity index (χ0v) is 11.9. The molecule has 1 aromatic rings. The normalized spacial score (nSPS) is 10.1. The minimum Gasteiger partial charge on any atom is -0.380 e. The van der Waals surface area contributed by atoms with Gasteiger partial charge in [0.25, 0.3) is 5.91 Å². The molecule has 9 heteroatoms. The number of hydrogen-bond acceptors (Lipinski definition) is 6. The molecule has 0 unspecified atom stereocenters. The van der Waals surface area contributed by atoms with E-state index < -0.39 is 0 Å². The summed E-state index contributed by atoms with van der Waals surface area (Å²) in [6.45, 7) is 3.28. The smallest absolute Gasteiger partial charge is 0.322 e. The molecule has 0 aromatic carbocycles. The van der Waals surface area contributed by atoms with Gasteiger partial charge in [0.2, 0.25) is 0 Å². The third kappa shape index (κ3) is 4.79. The zero-order chi connectivity index (χ0) is 14.3. The maximum absolute atomic E-state index is 11.8. The standard InChI is InChI=1S/C10H17N5O3S/c1-4-18-6-5-11-8(16)7-9(19-14-13-7)12-10(17)15(2)3/h4-6H2,1-3H3,(H,11,16)(H,12,17). The molecule has 0 aliphatic carbocycles. The minimum absolute atomic E-state index is 0.108. The summed E-state index contributed by atoms with van der Waals surface area (Å²) >= 11 is 0.956. The van der Waals surface area contributed by atoms with Crippen LogP contribution < -0.4 is 10.6 Å². The Morgan fingerprint density at radius 3 is 2.79 bits per heavy atom. The van der Waals surface area contributed by atoms with Crippen molar-refractivity contribution in [2.24, 2.45) is 0 Å². The minimum atomic E-state index is -0.387. The number of aromatic nitrogens is 2. The summed E-state index contributed by atoms with van der Waals surface area (Å²) in [5.41, 5.74) is 0.108. The molecular weight excluding hydrogens is 270 g/mol. The van der Waals surface area contributed by atoms with E-state index in [0.717, 1.165) is 11.5 Å². The number of carbonyl (C=O) groups excluding carboxylic acids is 2. The molecule has 1 aromatic heterocycles. The third-order valence-corrected chi connectivity index (χ3v) is 2.71. The predicted molar refractivity (Wildman–Crippen MR) is 71.4 cm³/mol. The van der Waals surface area contributed by atoms with Crippen molar-refractivity contribution in [3.8, 4) is 0 Å². The molecule has 1 heterocycles. The van der Waals surface area contributed by atoms with E-state index in [1.54, 1.807) is 14.1 Å². The van der Waals surface area contributed by atoms with Gasteiger partial charge in [-0.2, -0.15) is 0 Å². The maximum atomic E-state index is 11.8. The molecule has 0 spiro atoms. The third-order valence-electron chi connectivity index (χ3n) is 2.07. The summed E-state index contributed by atoms with van der Waals surface area (Å²) in [5, 5.41) is 9.24.